The topological polar surface area (TPSA) is 60.9 Å². The average molecular weight is 269 g/mol. The molecule has 0 aliphatic heterocycles. The molecule has 2 N–H and O–H groups in total. The molecule has 0 aliphatic rings. The molecule has 19 heavy (non-hydrogen) atoms. The van der Waals surface area contributed by atoms with Crippen molar-refractivity contribution in [3.8, 4) is 5.69 Å². The summed E-state index contributed by atoms with van der Waals surface area (Å²) in [5, 5.41) is 3.78. The lowest BCUT2D eigenvalue weighted by atomic mass is 10.2. The van der Waals surface area contributed by atoms with Gasteiger partial charge in [0.05, 0.1) is 11.3 Å². The van der Waals surface area contributed by atoms with E-state index in [1.54, 1.807) is 6.92 Å². The van der Waals surface area contributed by atoms with E-state index in [1.165, 1.54) is 22.9 Å². The van der Waals surface area contributed by atoms with Gasteiger partial charge in [-0.1, -0.05) is 6.07 Å². The third-order valence-electron chi connectivity index (χ3n) is 2.55. The third-order valence-corrected chi connectivity index (χ3v) is 2.55. The number of nitrogen functional groups attached to an aromatic ring is 1. The van der Waals surface area contributed by atoms with Gasteiger partial charge in [0.15, 0.2) is 5.82 Å². The van der Waals surface area contributed by atoms with E-state index in [4.69, 9.17) is 5.73 Å². The Bertz CT molecular complexity index is 677. The van der Waals surface area contributed by atoms with Crippen LogP contribution in [0.25, 0.3) is 5.69 Å². The van der Waals surface area contributed by atoms with Crippen molar-refractivity contribution >= 4 is 5.82 Å². The molecule has 0 unspecified atom stereocenters. The lowest BCUT2D eigenvalue weighted by molar-refractivity contribution is -0.137. The predicted octanol–water partition coefficient (Wildman–Crippen LogP) is 2.14. The van der Waals surface area contributed by atoms with Gasteiger partial charge in [-0.05, 0) is 25.1 Å². The quantitative estimate of drug-likeness (QED) is 0.862. The molecule has 0 spiro atoms. The van der Waals surface area contributed by atoms with Crippen LogP contribution in [0.15, 0.2) is 35.1 Å². The van der Waals surface area contributed by atoms with E-state index in [9.17, 15) is 18.0 Å². The molecule has 4 nitrogen and oxygen atoms in total. The maximum atomic E-state index is 12.6. The fourth-order valence-electron chi connectivity index (χ4n) is 1.64. The van der Waals surface area contributed by atoms with E-state index in [2.05, 4.69) is 5.10 Å². The number of alkyl halides is 3. The summed E-state index contributed by atoms with van der Waals surface area (Å²) >= 11 is 0. The largest absolute Gasteiger partial charge is 0.416 e. The Labute approximate surface area is 106 Å². The summed E-state index contributed by atoms with van der Waals surface area (Å²) in [4.78, 5) is 11.3. The van der Waals surface area contributed by atoms with Crippen LogP contribution in [0.1, 0.15) is 11.3 Å². The summed E-state index contributed by atoms with van der Waals surface area (Å²) in [6.45, 7) is 1.56. The van der Waals surface area contributed by atoms with Gasteiger partial charge in [0.1, 0.15) is 0 Å². The number of aromatic nitrogens is 2. The number of nitrogens with zero attached hydrogens (tertiary/aromatic N) is 2. The molecule has 7 heteroatoms. The predicted molar refractivity (Wildman–Crippen MR) is 64.0 cm³/mol. The van der Waals surface area contributed by atoms with Gasteiger partial charge in [-0.2, -0.15) is 13.2 Å². The highest BCUT2D eigenvalue weighted by atomic mass is 19.4. The molecule has 0 saturated carbocycles. The van der Waals surface area contributed by atoms with Gasteiger partial charge in [0.25, 0.3) is 0 Å². The van der Waals surface area contributed by atoms with Gasteiger partial charge < -0.3 is 5.73 Å². The van der Waals surface area contributed by atoms with Crippen molar-refractivity contribution in [3.63, 3.8) is 0 Å². The first kappa shape index (κ1) is 13.1. The van der Waals surface area contributed by atoms with Gasteiger partial charge in [0, 0.05) is 11.8 Å². The lowest BCUT2D eigenvalue weighted by Gasteiger charge is -2.12. The van der Waals surface area contributed by atoms with Crippen LogP contribution in [0, 0.1) is 6.92 Å². The minimum absolute atomic E-state index is 0.194. The average Bonchev–Trinajstić information content (AvgIpc) is 2.33. The standard InChI is InChI=1S/C12H10F3N3O/c1-7-5-10(19)11(16)17-18(7)9-4-2-3-8(6-9)12(13,14)15/h2-6H,1H3,(H2,16,17). The number of rotatable bonds is 1. The monoisotopic (exact) mass is 269 g/mol. The van der Waals surface area contributed by atoms with E-state index in [0.717, 1.165) is 12.1 Å². The second-order valence-electron chi connectivity index (χ2n) is 4.00. The van der Waals surface area contributed by atoms with Crippen molar-refractivity contribution in [2.45, 2.75) is 13.1 Å². The maximum Gasteiger partial charge on any atom is 0.416 e. The molecule has 0 bridgehead atoms. The van der Waals surface area contributed by atoms with Crippen LogP contribution in [0.3, 0.4) is 0 Å². The van der Waals surface area contributed by atoms with Crippen LogP contribution < -0.4 is 11.2 Å². The molecule has 0 atom stereocenters. The Balaban J connectivity index is 2.60. The van der Waals surface area contributed by atoms with Crippen LogP contribution in [-0.4, -0.2) is 9.78 Å². The molecule has 100 valence electrons. The van der Waals surface area contributed by atoms with Crippen molar-refractivity contribution in [1.82, 2.24) is 9.78 Å². The molecule has 0 radical (unpaired) electrons. The number of anilines is 1. The van der Waals surface area contributed by atoms with Gasteiger partial charge >= 0.3 is 6.18 Å². The highest BCUT2D eigenvalue weighted by Gasteiger charge is 2.30. The molecule has 2 rings (SSSR count). The zero-order valence-electron chi connectivity index (χ0n) is 9.90. The van der Waals surface area contributed by atoms with Crippen LogP contribution in [-0.2, 0) is 6.18 Å². The summed E-state index contributed by atoms with van der Waals surface area (Å²) in [5.74, 6) is -0.261. The van der Waals surface area contributed by atoms with Crippen molar-refractivity contribution in [2.24, 2.45) is 0 Å². The fourth-order valence-corrected chi connectivity index (χ4v) is 1.64. The Morgan fingerprint density at radius 1 is 1.26 bits per heavy atom. The van der Waals surface area contributed by atoms with E-state index in [0.29, 0.717) is 5.69 Å². The third kappa shape index (κ3) is 2.59. The second-order valence-corrected chi connectivity index (χ2v) is 4.00. The molecule has 0 aliphatic carbocycles. The van der Waals surface area contributed by atoms with Crippen LogP contribution in [0.2, 0.25) is 0 Å². The van der Waals surface area contributed by atoms with Crippen molar-refractivity contribution in [2.75, 3.05) is 5.73 Å². The zero-order valence-corrected chi connectivity index (χ0v) is 9.90. The normalized spacial score (nSPS) is 11.6. The maximum absolute atomic E-state index is 12.6. The summed E-state index contributed by atoms with van der Waals surface area (Å²) in [5.41, 5.74) is 4.73. The molecular weight excluding hydrogens is 259 g/mol. The minimum Gasteiger partial charge on any atom is -0.379 e. The summed E-state index contributed by atoms with van der Waals surface area (Å²) < 4.78 is 39.1. The molecule has 0 fully saturated rings. The van der Waals surface area contributed by atoms with Crippen LogP contribution >= 0.6 is 0 Å². The van der Waals surface area contributed by atoms with E-state index >= 15 is 0 Å². The number of hydrogen-bond acceptors (Lipinski definition) is 3. The Kier molecular flexibility index (Phi) is 3.05. The lowest BCUT2D eigenvalue weighted by Crippen LogP contribution is -2.18. The molecule has 1 aromatic heterocycles. The SMILES string of the molecule is Cc1cc(=O)c(N)nn1-c1cccc(C(F)(F)F)c1. The number of aryl methyl sites for hydroxylation is 1. The van der Waals surface area contributed by atoms with E-state index < -0.39 is 17.2 Å². The van der Waals surface area contributed by atoms with E-state index in [-0.39, 0.29) is 11.5 Å². The Hall–Kier alpha value is -2.31. The van der Waals surface area contributed by atoms with Crippen molar-refractivity contribution in [3.05, 3.63) is 51.8 Å². The first-order chi connectivity index (χ1) is 8.79. The highest BCUT2D eigenvalue weighted by Crippen LogP contribution is 2.30. The zero-order chi connectivity index (χ0) is 14.2. The number of halogens is 3. The van der Waals surface area contributed by atoms with Gasteiger partial charge in [-0.3, -0.25) is 4.79 Å². The molecule has 1 heterocycles. The van der Waals surface area contributed by atoms with Gasteiger partial charge in [-0.15, -0.1) is 5.10 Å². The summed E-state index contributed by atoms with van der Waals surface area (Å²) in [7, 11) is 0. The van der Waals surface area contributed by atoms with Crippen molar-refractivity contribution < 1.29 is 13.2 Å². The van der Waals surface area contributed by atoms with E-state index in [1.807, 2.05) is 0 Å². The molecule has 2 aromatic rings. The highest BCUT2D eigenvalue weighted by molar-refractivity contribution is 5.39. The minimum atomic E-state index is -4.44. The van der Waals surface area contributed by atoms with Gasteiger partial charge in [-0.25, -0.2) is 4.68 Å². The Morgan fingerprint density at radius 3 is 2.58 bits per heavy atom. The van der Waals surface area contributed by atoms with Crippen molar-refractivity contribution in [1.29, 1.82) is 0 Å². The van der Waals surface area contributed by atoms with Crippen LogP contribution in [0.4, 0.5) is 19.0 Å². The Morgan fingerprint density at radius 2 is 1.95 bits per heavy atom. The van der Waals surface area contributed by atoms with Gasteiger partial charge in [0.2, 0.25) is 5.43 Å². The smallest absolute Gasteiger partial charge is 0.379 e. The van der Waals surface area contributed by atoms with Crippen LogP contribution in [0.5, 0.6) is 0 Å². The second kappa shape index (κ2) is 4.42. The number of benzene rings is 1. The molecule has 0 saturated heterocycles. The molecule has 1 aromatic carbocycles. The number of nitrogens with two attached hydrogens (primary N) is 1. The fraction of sp³-hybridized carbons (Fsp3) is 0.167. The summed E-state index contributed by atoms with van der Waals surface area (Å²) in [6.07, 6.45) is -4.44. The number of hydrogen-bond donors (Lipinski definition) is 1. The summed E-state index contributed by atoms with van der Waals surface area (Å²) in [6, 6.07) is 5.87. The first-order valence-corrected chi connectivity index (χ1v) is 5.33. The first-order valence-electron chi connectivity index (χ1n) is 5.33. The molecule has 0 amide bonds. The molecular formula is C12H10F3N3O.